The molecule has 0 saturated carbocycles. The lowest BCUT2D eigenvalue weighted by Crippen LogP contribution is -2.29. The summed E-state index contributed by atoms with van der Waals surface area (Å²) in [5, 5.41) is 3.04. The van der Waals surface area contributed by atoms with E-state index >= 15 is 0 Å². The van der Waals surface area contributed by atoms with Crippen molar-refractivity contribution >= 4 is 11.7 Å². The van der Waals surface area contributed by atoms with Crippen LogP contribution in [0, 0.1) is 0 Å². The lowest BCUT2D eigenvalue weighted by molar-refractivity contribution is -0.121. The van der Waals surface area contributed by atoms with Gasteiger partial charge in [0.05, 0.1) is 12.6 Å². The average molecular weight is 388 g/mol. The minimum atomic E-state index is -0.285. The maximum atomic E-state index is 12.6. The minimum absolute atomic E-state index is 0.0663. The first-order valence-electron chi connectivity index (χ1n) is 9.67. The highest BCUT2D eigenvalue weighted by Crippen LogP contribution is 2.22. The number of amides is 1. The van der Waals surface area contributed by atoms with E-state index in [1.165, 1.54) is 0 Å². The number of carbonyl (C=O) groups is 2. The molecule has 1 N–H and O–H groups in total. The van der Waals surface area contributed by atoms with Crippen molar-refractivity contribution in [1.82, 2.24) is 10.3 Å². The molecule has 5 nitrogen and oxygen atoms in total. The van der Waals surface area contributed by atoms with E-state index in [2.05, 4.69) is 10.3 Å². The molecule has 1 unspecified atom stereocenters. The first-order valence-corrected chi connectivity index (χ1v) is 9.67. The third kappa shape index (κ3) is 5.75. The number of benzene rings is 2. The van der Waals surface area contributed by atoms with Crippen LogP contribution in [0.5, 0.6) is 5.75 Å². The van der Waals surface area contributed by atoms with Crippen molar-refractivity contribution in [2.45, 2.75) is 25.8 Å². The number of pyridine rings is 1. The molecule has 1 aromatic heterocycles. The SMILES string of the molecule is CCOc1ccc(C(=O)CCC(=O)NC(c2ccccc2)c2ccncc2)cc1. The van der Waals surface area contributed by atoms with Gasteiger partial charge in [-0.3, -0.25) is 14.6 Å². The van der Waals surface area contributed by atoms with Gasteiger partial charge in [0.15, 0.2) is 5.78 Å². The number of carbonyl (C=O) groups excluding carboxylic acids is 2. The van der Waals surface area contributed by atoms with Gasteiger partial charge in [-0.05, 0) is 54.4 Å². The van der Waals surface area contributed by atoms with Crippen molar-refractivity contribution in [2.24, 2.45) is 0 Å². The highest BCUT2D eigenvalue weighted by atomic mass is 16.5. The number of ketones is 1. The first kappa shape index (κ1) is 20.3. The van der Waals surface area contributed by atoms with Crippen molar-refractivity contribution in [3.05, 3.63) is 95.8 Å². The molecular formula is C24H24N2O3. The summed E-state index contributed by atoms with van der Waals surface area (Å²) in [7, 11) is 0. The molecule has 0 radical (unpaired) electrons. The molecule has 3 rings (SSSR count). The predicted octanol–water partition coefficient (Wildman–Crippen LogP) is 4.35. The van der Waals surface area contributed by atoms with Crippen LogP contribution in [-0.4, -0.2) is 23.3 Å². The number of ether oxygens (including phenoxy) is 1. The number of rotatable bonds is 9. The number of nitrogens with zero attached hydrogens (tertiary/aromatic N) is 1. The summed E-state index contributed by atoms with van der Waals surface area (Å²) >= 11 is 0. The summed E-state index contributed by atoms with van der Waals surface area (Å²) in [5.74, 6) is 0.489. The molecular weight excluding hydrogens is 364 g/mol. The van der Waals surface area contributed by atoms with E-state index in [0.29, 0.717) is 12.2 Å². The van der Waals surface area contributed by atoms with Gasteiger partial charge in [0.1, 0.15) is 5.75 Å². The van der Waals surface area contributed by atoms with Crippen LogP contribution in [0.25, 0.3) is 0 Å². The third-order valence-electron chi connectivity index (χ3n) is 4.54. The molecule has 0 aliphatic carbocycles. The Morgan fingerprint density at radius 1 is 0.897 bits per heavy atom. The molecule has 29 heavy (non-hydrogen) atoms. The Morgan fingerprint density at radius 2 is 1.55 bits per heavy atom. The molecule has 0 spiro atoms. The smallest absolute Gasteiger partial charge is 0.221 e. The molecule has 1 amide bonds. The highest BCUT2D eigenvalue weighted by molar-refractivity contribution is 5.98. The largest absolute Gasteiger partial charge is 0.494 e. The Balaban J connectivity index is 1.62. The molecule has 0 aliphatic rings. The summed E-state index contributed by atoms with van der Waals surface area (Å²) in [5.41, 5.74) is 2.50. The van der Waals surface area contributed by atoms with Gasteiger partial charge in [0.25, 0.3) is 0 Å². The van der Waals surface area contributed by atoms with Gasteiger partial charge in [-0.25, -0.2) is 0 Å². The molecule has 0 fully saturated rings. The highest BCUT2D eigenvalue weighted by Gasteiger charge is 2.17. The first-order chi connectivity index (χ1) is 14.2. The molecule has 1 atom stereocenters. The van der Waals surface area contributed by atoms with Crippen molar-refractivity contribution < 1.29 is 14.3 Å². The number of nitrogens with one attached hydrogen (secondary N) is 1. The van der Waals surface area contributed by atoms with E-state index in [1.54, 1.807) is 36.7 Å². The Labute approximate surface area is 170 Å². The van der Waals surface area contributed by atoms with Gasteiger partial charge >= 0.3 is 0 Å². The van der Waals surface area contributed by atoms with Crippen molar-refractivity contribution in [1.29, 1.82) is 0 Å². The molecule has 0 bridgehead atoms. The summed E-state index contributed by atoms with van der Waals surface area (Å²) in [6, 6.07) is 20.2. The summed E-state index contributed by atoms with van der Waals surface area (Å²) in [4.78, 5) is 29.0. The van der Waals surface area contributed by atoms with E-state index < -0.39 is 0 Å². The van der Waals surface area contributed by atoms with E-state index in [-0.39, 0.29) is 30.6 Å². The fraction of sp³-hybridized carbons (Fsp3) is 0.208. The van der Waals surface area contributed by atoms with Gasteiger partial charge in [0, 0.05) is 30.8 Å². The zero-order chi connectivity index (χ0) is 20.5. The second-order valence-corrected chi connectivity index (χ2v) is 6.57. The Hall–Kier alpha value is -3.47. The third-order valence-corrected chi connectivity index (χ3v) is 4.54. The van der Waals surface area contributed by atoms with Crippen molar-refractivity contribution in [3.63, 3.8) is 0 Å². The molecule has 148 valence electrons. The normalized spacial score (nSPS) is 11.5. The van der Waals surface area contributed by atoms with Crippen molar-refractivity contribution in [2.75, 3.05) is 6.61 Å². The Kier molecular flexibility index (Phi) is 7.11. The van der Waals surface area contributed by atoms with Crippen LogP contribution in [-0.2, 0) is 4.79 Å². The van der Waals surface area contributed by atoms with Crippen molar-refractivity contribution in [3.8, 4) is 5.75 Å². The second kappa shape index (κ2) is 10.2. The number of aromatic nitrogens is 1. The minimum Gasteiger partial charge on any atom is -0.494 e. The quantitative estimate of drug-likeness (QED) is 0.554. The molecule has 1 heterocycles. The maximum Gasteiger partial charge on any atom is 0.221 e. The van der Waals surface area contributed by atoms with Crippen LogP contribution in [0.15, 0.2) is 79.1 Å². The molecule has 5 heteroatoms. The standard InChI is InChI=1S/C24H24N2O3/c1-2-29-21-10-8-18(9-11-21)22(27)12-13-23(28)26-24(19-6-4-3-5-7-19)20-14-16-25-17-15-20/h3-11,14-17,24H,2,12-13H2,1H3,(H,26,28). The molecule has 0 aliphatic heterocycles. The van der Waals surface area contributed by atoms with Crippen LogP contribution in [0.2, 0.25) is 0 Å². The van der Waals surface area contributed by atoms with Gasteiger partial charge in [-0.15, -0.1) is 0 Å². The zero-order valence-corrected chi connectivity index (χ0v) is 16.4. The lowest BCUT2D eigenvalue weighted by Gasteiger charge is -2.19. The zero-order valence-electron chi connectivity index (χ0n) is 16.4. The van der Waals surface area contributed by atoms with Gasteiger partial charge in [0.2, 0.25) is 5.91 Å². The summed E-state index contributed by atoms with van der Waals surface area (Å²) in [6.07, 6.45) is 3.68. The lowest BCUT2D eigenvalue weighted by atomic mass is 9.99. The Bertz CT molecular complexity index is 886. The topological polar surface area (TPSA) is 68.3 Å². The molecule has 0 saturated heterocycles. The fourth-order valence-corrected chi connectivity index (χ4v) is 3.07. The fourth-order valence-electron chi connectivity index (χ4n) is 3.07. The Morgan fingerprint density at radius 3 is 2.21 bits per heavy atom. The van der Waals surface area contributed by atoms with E-state index in [1.807, 2.05) is 49.4 Å². The van der Waals surface area contributed by atoms with Gasteiger partial charge < -0.3 is 10.1 Å². The monoisotopic (exact) mass is 388 g/mol. The second-order valence-electron chi connectivity index (χ2n) is 6.57. The molecule has 2 aromatic carbocycles. The summed E-state index contributed by atoms with van der Waals surface area (Å²) < 4.78 is 5.39. The number of hydrogen-bond acceptors (Lipinski definition) is 4. The van der Waals surface area contributed by atoms with Gasteiger partial charge in [-0.2, -0.15) is 0 Å². The van der Waals surface area contributed by atoms with E-state index in [0.717, 1.165) is 16.9 Å². The summed E-state index contributed by atoms with van der Waals surface area (Å²) in [6.45, 7) is 2.49. The maximum absolute atomic E-state index is 12.6. The van der Waals surface area contributed by atoms with Crippen LogP contribution in [0.1, 0.15) is 47.3 Å². The molecule has 3 aromatic rings. The number of hydrogen-bond donors (Lipinski definition) is 1. The number of Topliss-reactive ketones (excluding diaryl/α,β-unsaturated/α-hetero) is 1. The van der Waals surface area contributed by atoms with E-state index in [4.69, 9.17) is 4.74 Å². The van der Waals surface area contributed by atoms with Gasteiger partial charge in [-0.1, -0.05) is 30.3 Å². The van der Waals surface area contributed by atoms with Crippen LogP contribution in [0.3, 0.4) is 0 Å². The van der Waals surface area contributed by atoms with Crippen LogP contribution in [0.4, 0.5) is 0 Å². The predicted molar refractivity (Wildman–Crippen MR) is 112 cm³/mol. The average Bonchev–Trinajstić information content (AvgIpc) is 2.78. The van der Waals surface area contributed by atoms with E-state index in [9.17, 15) is 9.59 Å². The van der Waals surface area contributed by atoms with Crippen LogP contribution >= 0.6 is 0 Å². The van der Waals surface area contributed by atoms with Crippen LogP contribution < -0.4 is 10.1 Å².